The first kappa shape index (κ1) is 15.7. The van der Waals surface area contributed by atoms with Gasteiger partial charge in [0.25, 0.3) is 0 Å². The van der Waals surface area contributed by atoms with Crippen molar-refractivity contribution in [3.8, 4) is 0 Å². The molecule has 0 saturated carbocycles. The van der Waals surface area contributed by atoms with Crippen LogP contribution in [-0.4, -0.2) is 41.3 Å². The van der Waals surface area contributed by atoms with Crippen LogP contribution in [0.3, 0.4) is 0 Å². The highest BCUT2D eigenvalue weighted by atomic mass is 16.5. The summed E-state index contributed by atoms with van der Waals surface area (Å²) in [6.07, 6.45) is 0.699. The van der Waals surface area contributed by atoms with Gasteiger partial charge in [-0.15, -0.1) is 0 Å². The van der Waals surface area contributed by atoms with E-state index in [2.05, 4.69) is 41.0 Å². The van der Waals surface area contributed by atoms with Crippen LogP contribution in [0.4, 0.5) is 0 Å². The third-order valence-electron chi connectivity index (χ3n) is 3.49. The molecule has 1 unspecified atom stereocenters. The SMILES string of the molecule is CCN(Cc1nc(Cc2ccccc2)no1)C(C)COC. The summed E-state index contributed by atoms with van der Waals surface area (Å²) in [5, 5.41) is 4.06. The van der Waals surface area contributed by atoms with Crippen LogP contribution in [0.15, 0.2) is 34.9 Å². The van der Waals surface area contributed by atoms with Crippen molar-refractivity contribution in [2.45, 2.75) is 32.9 Å². The minimum atomic E-state index is 0.324. The predicted molar refractivity (Wildman–Crippen MR) is 81.0 cm³/mol. The molecule has 1 atom stereocenters. The zero-order valence-electron chi connectivity index (χ0n) is 13.0. The molecule has 0 bridgehead atoms. The van der Waals surface area contributed by atoms with E-state index in [1.807, 2.05) is 18.2 Å². The third-order valence-corrected chi connectivity index (χ3v) is 3.49. The van der Waals surface area contributed by atoms with Crippen molar-refractivity contribution in [2.75, 3.05) is 20.3 Å². The van der Waals surface area contributed by atoms with Crippen LogP contribution >= 0.6 is 0 Å². The number of aromatic nitrogens is 2. The van der Waals surface area contributed by atoms with Gasteiger partial charge in [-0.3, -0.25) is 4.90 Å². The van der Waals surface area contributed by atoms with Crippen LogP contribution < -0.4 is 0 Å². The van der Waals surface area contributed by atoms with Gasteiger partial charge in [0, 0.05) is 19.6 Å². The van der Waals surface area contributed by atoms with Crippen LogP contribution in [0.25, 0.3) is 0 Å². The Bertz CT molecular complexity index is 527. The van der Waals surface area contributed by atoms with E-state index in [1.165, 1.54) is 5.56 Å². The van der Waals surface area contributed by atoms with E-state index in [4.69, 9.17) is 9.26 Å². The standard InChI is InChI=1S/C16H23N3O2/c1-4-19(13(2)12-20-3)11-16-17-15(18-21-16)10-14-8-6-5-7-9-14/h5-9,13H,4,10-12H2,1-3H3. The summed E-state index contributed by atoms with van der Waals surface area (Å²) in [6, 6.07) is 10.5. The van der Waals surface area contributed by atoms with E-state index in [9.17, 15) is 0 Å². The lowest BCUT2D eigenvalue weighted by atomic mass is 10.1. The minimum absolute atomic E-state index is 0.324. The summed E-state index contributed by atoms with van der Waals surface area (Å²) >= 11 is 0. The molecule has 114 valence electrons. The van der Waals surface area contributed by atoms with Gasteiger partial charge in [0.2, 0.25) is 5.89 Å². The molecule has 0 aliphatic heterocycles. The molecule has 5 nitrogen and oxygen atoms in total. The Hall–Kier alpha value is -1.72. The molecule has 0 amide bonds. The van der Waals surface area contributed by atoms with Crippen molar-refractivity contribution in [3.05, 3.63) is 47.6 Å². The number of likely N-dealkylation sites (N-methyl/N-ethyl adjacent to an activating group) is 1. The molecule has 1 aromatic heterocycles. The van der Waals surface area contributed by atoms with E-state index in [1.54, 1.807) is 7.11 Å². The van der Waals surface area contributed by atoms with Gasteiger partial charge < -0.3 is 9.26 Å². The normalized spacial score (nSPS) is 12.8. The summed E-state index contributed by atoms with van der Waals surface area (Å²) < 4.78 is 10.6. The molecule has 0 radical (unpaired) electrons. The molecule has 1 aromatic carbocycles. The van der Waals surface area contributed by atoms with Gasteiger partial charge in [0.05, 0.1) is 13.2 Å². The van der Waals surface area contributed by atoms with Crippen LogP contribution in [0.1, 0.15) is 31.1 Å². The maximum atomic E-state index is 5.35. The van der Waals surface area contributed by atoms with Crippen molar-refractivity contribution < 1.29 is 9.26 Å². The fraction of sp³-hybridized carbons (Fsp3) is 0.500. The largest absolute Gasteiger partial charge is 0.383 e. The van der Waals surface area contributed by atoms with E-state index in [0.717, 1.165) is 12.4 Å². The van der Waals surface area contributed by atoms with Gasteiger partial charge in [0.1, 0.15) is 0 Å². The molecule has 0 aliphatic rings. The number of rotatable bonds is 8. The smallest absolute Gasteiger partial charge is 0.240 e. The van der Waals surface area contributed by atoms with Crippen molar-refractivity contribution in [2.24, 2.45) is 0 Å². The van der Waals surface area contributed by atoms with Crippen molar-refractivity contribution in [3.63, 3.8) is 0 Å². The second-order valence-electron chi connectivity index (χ2n) is 5.13. The summed E-state index contributed by atoms with van der Waals surface area (Å²) in [5.41, 5.74) is 1.19. The molecular weight excluding hydrogens is 266 g/mol. The summed E-state index contributed by atoms with van der Waals surface area (Å²) in [4.78, 5) is 6.73. The zero-order chi connectivity index (χ0) is 15.1. The van der Waals surface area contributed by atoms with Gasteiger partial charge in [-0.2, -0.15) is 4.98 Å². The Labute approximate surface area is 125 Å². The van der Waals surface area contributed by atoms with Gasteiger partial charge in [-0.25, -0.2) is 0 Å². The molecule has 2 aromatic rings. The second kappa shape index (κ2) is 7.90. The second-order valence-corrected chi connectivity index (χ2v) is 5.13. The quantitative estimate of drug-likeness (QED) is 0.747. The first-order chi connectivity index (χ1) is 10.2. The Morgan fingerprint density at radius 2 is 2.05 bits per heavy atom. The van der Waals surface area contributed by atoms with Gasteiger partial charge in [-0.1, -0.05) is 42.4 Å². The van der Waals surface area contributed by atoms with Crippen molar-refractivity contribution in [1.82, 2.24) is 15.0 Å². The van der Waals surface area contributed by atoms with E-state index < -0.39 is 0 Å². The molecule has 21 heavy (non-hydrogen) atoms. The lowest BCUT2D eigenvalue weighted by Crippen LogP contribution is -2.35. The van der Waals surface area contributed by atoms with Crippen LogP contribution in [-0.2, 0) is 17.7 Å². The van der Waals surface area contributed by atoms with Crippen LogP contribution in [0.2, 0.25) is 0 Å². The molecule has 0 fully saturated rings. The molecule has 0 N–H and O–H groups in total. The van der Waals surface area contributed by atoms with Crippen molar-refractivity contribution in [1.29, 1.82) is 0 Å². The summed E-state index contributed by atoms with van der Waals surface area (Å²) in [5.74, 6) is 1.39. The first-order valence-electron chi connectivity index (χ1n) is 7.31. The Kier molecular flexibility index (Phi) is 5.90. The number of methoxy groups -OCH3 is 1. The summed E-state index contributed by atoms with van der Waals surface area (Å²) in [7, 11) is 1.72. The van der Waals surface area contributed by atoms with E-state index in [0.29, 0.717) is 31.5 Å². The van der Waals surface area contributed by atoms with Crippen LogP contribution in [0.5, 0.6) is 0 Å². The topological polar surface area (TPSA) is 51.4 Å². The number of nitrogens with zero attached hydrogens (tertiary/aromatic N) is 3. The van der Waals surface area contributed by atoms with Gasteiger partial charge >= 0.3 is 0 Å². The highest BCUT2D eigenvalue weighted by Gasteiger charge is 2.16. The molecule has 5 heteroatoms. The highest BCUT2D eigenvalue weighted by Crippen LogP contribution is 2.10. The number of hydrogen-bond donors (Lipinski definition) is 0. The average molecular weight is 289 g/mol. The monoisotopic (exact) mass is 289 g/mol. The van der Waals surface area contributed by atoms with Gasteiger partial charge in [-0.05, 0) is 19.0 Å². The lowest BCUT2D eigenvalue weighted by molar-refractivity contribution is 0.0907. The average Bonchev–Trinajstić information content (AvgIpc) is 2.93. The maximum Gasteiger partial charge on any atom is 0.240 e. The molecular formula is C16H23N3O2. The Balaban J connectivity index is 1.96. The Morgan fingerprint density at radius 3 is 2.71 bits per heavy atom. The Morgan fingerprint density at radius 1 is 1.29 bits per heavy atom. The summed E-state index contributed by atoms with van der Waals surface area (Å²) in [6.45, 7) is 6.52. The maximum absolute atomic E-state index is 5.35. The number of hydrogen-bond acceptors (Lipinski definition) is 5. The molecule has 0 aliphatic carbocycles. The van der Waals surface area contributed by atoms with E-state index >= 15 is 0 Å². The molecule has 1 heterocycles. The van der Waals surface area contributed by atoms with E-state index in [-0.39, 0.29) is 0 Å². The fourth-order valence-electron chi connectivity index (χ4n) is 2.30. The molecule has 0 saturated heterocycles. The predicted octanol–water partition coefficient (Wildman–Crippen LogP) is 2.52. The lowest BCUT2D eigenvalue weighted by Gasteiger charge is -2.25. The third kappa shape index (κ3) is 4.65. The highest BCUT2D eigenvalue weighted by molar-refractivity contribution is 5.18. The molecule has 0 spiro atoms. The van der Waals surface area contributed by atoms with Crippen molar-refractivity contribution >= 4 is 0 Å². The zero-order valence-corrected chi connectivity index (χ0v) is 13.0. The number of ether oxygens (including phenoxy) is 1. The van der Waals surface area contributed by atoms with Crippen LogP contribution in [0, 0.1) is 0 Å². The first-order valence-corrected chi connectivity index (χ1v) is 7.31. The minimum Gasteiger partial charge on any atom is -0.383 e. The number of benzene rings is 1. The van der Waals surface area contributed by atoms with Gasteiger partial charge in [0.15, 0.2) is 5.82 Å². The molecule has 2 rings (SSSR count). The fourth-order valence-corrected chi connectivity index (χ4v) is 2.30.